The molecule has 0 spiro atoms. The molecular weight excluding hydrogens is 392 g/mol. The Morgan fingerprint density at radius 1 is 1.20 bits per heavy atom. The maximum absolute atomic E-state index is 12.9. The van der Waals surface area contributed by atoms with Crippen molar-refractivity contribution in [2.45, 2.75) is 13.0 Å². The highest BCUT2D eigenvalue weighted by atomic mass is 16.5. The van der Waals surface area contributed by atoms with Crippen LogP contribution in [0.15, 0.2) is 23.2 Å². The molecule has 2 aliphatic heterocycles. The summed E-state index contributed by atoms with van der Waals surface area (Å²) in [6.45, 7) is 3.96. The third-order valence-corrected chi connectivity index (χ3v) is 5.15. The highest BCUT2D eigenvalue weighted by molar-refractivity contribution is 6.08. The Kier molecular flexibility index (Phi) is 6.76. The molecule has 0 aromatic heterocycles. The molecule has 2 amide bonds. The van der Waals surface area contributed by atoms with Gasteiger partial charge < -0.3 is 24.0 Å². The molecule has 3 rings (SSSR count). The molecule has 0 saturated carbocycles. The molecule has 1 fully saturated rings. The van der Waals surface area contributed by atoms with Gasteiger partial charge in [-0.1, -0.05) is 6.07 Å². The van der Waals surface area contributed by atoms with Gasteiger partial charge in [0, 0.05) is 26.2 Å². The number of benzene rings is 1. The van der Waals surface area contributed by atoms with Crippen LogP contribution in [0.2, 0.25) is 0 Å². The molecule has 0 bridgehead atoms. The maximum atomic E-state index is 12.9. The van der Waals surface area contributed by atoms with Gasteiger partial charge in [-0.3, -0.25) is 19.7 Å². The zero-order valence-electron chi connectivity index (χ0n) is 17.3. The maximum Gasteiger partial charge on any atom is 0.321 e. The predicted octanol–water partition coefficient (Wildman–Crippen LogP) is 0.184. The minimum absolute atomic E-state index is 0.158. The molecule has 0 aliphatic carbocycles. The van der Waals surface area contributed by atoms with E-state index in [2.05, 4.69) is 5.32 Å². The van der Waals surface area contributed by atoms with Gasteiger partial charge in [-0.15, -0.1) is 0 Å². The highest BCUT2D eigenvalue weighted by Crippen LogP contribution is 2.36. The lowest BCUT2D eigenvalue weighted by molar-refractivity contribution is -0.153. The summed E-state index contributed by atoms with van der Waals surface area (Å²) in [5.74, 6) is -0.850. The molecular formula is C20H26N4O6. The number of piperazine rings is 1. The minimum atomic E-state index is -1.12. The summed E-state index contributed by atoms with van der Waals surface area (Å²) in [5.41, 5.74) is 0.629. The summed E-state index contributed by atoms with van der Waals surface area (Å²) >= 11 is 0. The molecule has 2 atom stereocenters. The third kappa shape index (κ3) is 4.32. The Bertz CT molecular complexity index is 835. The summed E-state index contributed by atoms with van der Waals surface area (Å²) in [4.78, 5) is 44.7. The number of nitrogens with one attached hydrogen (secondary N) is 1. The van der Waals surface area contributed by atoms with E-state index >= 15 is 0 Å². The van der Waals surface area contributed by atoms with E-state index in [1.807, 2.05) is 4.90 Å². The molecule has 2 aliphatic rings. The van der Waals surface area contributed by atoms with Crippen LogP contribution in [0.1, 0.15) is 18.5 Å². The van der Waals surface area contributed by atoms with E-state index in [4.69, 9.17) is 19.2 Å². The third-order valence-electron chi connectivity index (χ3n) is 5.15. The summed E-state index contributed by atoms with van der Waals surface area (Å²) < 4.78 is 15.8. The lowest BCUT2D eigenvalue weighted by Gasteiger charge is -2.37. The Hall–Kier alpha value is -3.30. The SMILES string of the molecule is CCOC(=O)[C@@H]1C(=O)NC(N2CCN(C=O)CC2)=N[C@H]1c1ccc(OC)c(OC)c1. The predicted molar refractivity (Wildman–Crippen MR) is 107 cm³/mol. The number of carbonyl (C=O) groups is 3. The molecule has 0 unspecified atom stereocenters. The van der Waals surface area contributed by atoms with Gasteiger partial charge in [0.2, 0.25) is 18.3 Å². The summed E-state index contributed by atoms with van der Waals surface area (Å²) in [7, 11) is 3.04. The largest absolute Gasteiger partial charge is 0.493 e. The van der Waals surface area contributed by atoms with Crippen molar-refractivity contribution in [3.05, 3.63) is 23.8 Å². The van der Waals surface area contributed by atoms with E-state index in [1.54, 1.807) is 30.0 Å². The Balaban J connectivity index is 1.97. The number of amides is 2. The first-order chi connectivity index (χ1) is 14.5. The number of ether oxygens (including phenoxy) is 3. The van der Waals surface area contributed by atoms with Gasteiger partial charge in [-0.2, -0.15) is 0 Å². The first-order valence-electron chi connectivity index (χ1n) is 9.73. The van der Waals surface area contributed by atoms with Gasteiger partial charge in [-0.25, -0.2) is 4.99 Å². The van der Waals surface area contributed by atoms with Gasteiger partial charge >= 0.3 is 5.97 Å². The van der Waals surface area contributed by atoms with Gasteiger partial charge in [0.25, 0.3) is 0 Å². The van der Waals surface area contributed by atoms with Crippen LogP contribution in [0.5, 0.6) is 11.5 Å². The van der Waals surface area contributed by atoms with Crippen LogP contribution in [0, 0.1) is 5.92 Å². The van der Waals surface area contributed by atoms with E-state index in [9.17, 15) is 14.4 Å². The van der Waals surface area contributed by atoms with E-state index in [-0.39, 0.29) is 6.61 Å². The summed E-state index contributed by atoms with van der Waals surface area (Å²) in [6.07, 6.45) is 0.807. The minimum Gasteiger partial charge on any atom is -0.493 e. The van der Waals surface area contributed by atoms with Crippen molar-refractivity contribution in [1.29, 1.82) is 0 Å². The van der Waals surface area contributed by atoms with Crippen LogP contribution in [-0.4, -0.2) is 81.1 Å². The second-order valence-corrected chi connectivity index (χ2v) is 6.86. The molecule has 30 heavy (non-hydrogen) atoms. The van der Waals surface area contributed by atoms with E-state index in [0.29, 0.717) is 49.2 Å². The first kappa shape index (κ1) is 21.4. The van der Waals surface area contributed by atoms with Crippen LogP contribution >= 0.6 is 0 Å². The smallest absolute Gasteiger partial charge is 0.321 e. The molecule has 1 saturated heterocycles. The second-order valence-electron chi connectivity index (χ2n) is 6.86. The number of methoxy groups -OCH3 is 2. The van der Waals surface area contributed by atoms with Crippen molar-refractivity contribution >= 4 is 24.2 Å². The van der Waals surface area contributed by atoms with Gasteiger partial charge in [0.1, 0.15) is 6.04 Å². The normalized spacial score (nSPS) is 21.4. The Morgan fingerprint density at radius 3 is 2.50 bits per heavy atom. The average Bonchev–Trinajstić information content (AvgIpc) is 2.78. The highest BCUT2D eigenvalue weighted by Gasteiger charge is 2.42. The average molecular weight is 418 g/mol. The van der Waals surface area contributed by atoms with E-state index in [1.165, 1.54) is 14.2 Å². The zero-order chi connectivity index (χ0) is 21.7. The Morgan fingerprint density at radius 2 is 1.90 bits per heavy atom. The van der Waals surface area contributed by atoms with Crippen molar-refractivity contribution < 1.29 is 28.6 Å². The molecule has 0 radical (unpaired) electrons. The first-order valence-corrected chi connectivity index (χ1v) is 9.73. The number of guanidine groups is 1. The van der Waals surface area contributed by atoms with Gasteiger partial charge in [0.05, 0.1) is 20.8 Å². The van der Waals surface area contributed by atoms with Crippen LogP contribution in [0.4, 0.5) is 0 Å². The second kappa shape index (κ2) is 9.47. The number of hydrogen-bond acceptors (Lipinski definition) is 8. The van der Waals surface area contributed by atoms with Gasteiger partial charge in [0.15, 0.2) is 17.4 Å². The summed E-state index contributed by atoms with van der Waals surface area (Å²) in [5, 5.41) is 2.73. The molecule has 162 valence electrons. The number of carbonyl (C=O) groups excluding carboxylic acids is 3. The fraction of sp³-hybridized carbons (Fsp3) is 0.500. The molecule has 1 aromatic rings. The van der Waals surface area contributed by atoms with Crippen molar-refractivity contribution in [1.82, 2.24) is 15.1 Å². The number of hydrogen-bond donors (Lipinski definition) is 1. The van der Waals surface area contributed by atoms with Crippen LogP contribution in [-0.2, 0) is 19.1 Å². The number of rotatable bonds is 6. The summed E-state index contributed by atoms with van der Waals surface area (Å²) in [6, 6.07) is 4.39. The van der Waals surface area contributed by atoms with E-state index < -0.39 is 23.8 Å². The topological polar surface area (TPSA) is 110 Å². The lowest BCUT2D eigenvalue weighted by Crippen LogP contribution is -2.57. The zero-order valence-corrected chi connectivity index (χ0v) is 17.3. The molecule has 2 heterocycles. The van der Waals surface area contributed by atoms with Crippen molar-refractivity contribution in [2.24, 2.45) is 10.9 Å². The molecule has 1 aromatic carbocycles. The van der Waals surface area contributed by atoms with Crippen molar-refractivity contribution in [3.63, 3.8) is 0 Å². The fourth-order valence-corrected chi connectivity index (χ4v) is 3.54. The van der Waals surface area contributed by atoms with Crippen LogP contribution in [0.3, 0.4) is 0 Å². The quantitative estimate of drug-likeness (QED) is 0.399. The molecule has 1 N–H and O–H groups in total. The monoisotopic (exact) mass is 418 g/mol. The number of aliphatic imine (C=N–C) groups is 1. The van der Waals surface area contributed by atoms with E-state index in [0.717, 1.165) is 6.41 Å². The fourth-order valence-electron chi connectivity index (χ4n) is 3.54. The van der Waals surface area contributed by atoms with Gasteiger partial charge in [-0.05, 0) is 24.6 Å². The number of esters is 1. The Labute approximate surface area is 174 Å². The number of nitrogens with zero attached hydrogens (tertiary/aromatic N) is 3. The van der Waals surface area contributed by atoms with Crippen LogP contribution in [0.25, 0.3) is 0 Å². The van der Waals surface area contributed by atoms with Crippen molar-refractivity contribution in [3.8, 4) is 11.5 Å². The standard InChI is InChI=1S/C20H26N4O6/c1-4-30-19(27)16-17(13-5-6-14(28-2)15(11-13)29-3)21-20(22-18(16)26)24-9-7-23(12-25)8-10-24/h5-6,11-12,16-17H,4,7-10H2,1-3H3,(H,21,22,26)/t16-,17-/m0/s1. The van der Waals surface area contributed by atoms with Crippen molar-refractivity contribution in [2.75, 3.05) is 47.0 Å². The molecule has 10 nitrogen and oxygen atoms in total. The van der Waals surface area contributed by atoms with Crippen LogP contribution < -0.4 is 14.8 Å². The molecule has 10 heteroatoms. The lowest BCUT2D eigenvalue weighted by atomic mass is 9.91.